The molecule has 0 atom stereocenters. The first-order valence-electron chi connectivity index (χ1n) is 4.67. The van der Waals surface area contributed by atoms with Crippen LogP contribution in [0, 0.1) is 3.57 Å². The first-order chi connectivity index (χ1) is 8.32. The zero-order valence-corrected chi connectivity index (χ0v) is 11.1. The molecule has 0 unspecified atom stereocenters. The Labute approximate surface area is 112 Å². The van der Waals surface area contributed by atoms with E-state index in [1.807, 2.05) is 0 Å². The number of rotatable bonds is 1. The summed E-state index contributed by atoms with van der Waals surface area (Å²) in [6.07, 6.45) is -4.47. The van der Waals surface area contributed by atoms with Crippen molar-refractivity contribution in [1.82, 2.24) is 19.8 Å². The summed E-state index contributed by atoms with van der Waals surface area (Å²) in [5.41, 5.74) is -1.35. The molecule has 0 spiro atoms. The summed E-state index contributed by atoms with van der Waals surface area (Å²) in [7, 11) is 1.37. The number of tetrazole rings is 1. The van der Waals surface area contributed by atoms with Crippen LogP contribution in [-0.4, -0.2) is 19.8 Å². The molecule has 5 nitrogen and oxygen atoms in total. The maximum absolute atomic E-state index is 12.7. The molecule has 0 fully saturated rings. The molecule has 0 radical (unpaired) electrons. The number of halogens is 4. The highest BCUT2D eigenvalue weighted by atomic mass is 127. The van der Waals surface area contributed by atoms with Crippen molar-refractivity contribution in [2.75, 3.05) is 0 Å². The molecule has 0 amide bonds. The van der Waals surface area contributed by atoms with E-state index in [-0.39, 0.29) is 9.26 Å². The standard InChI is InChI=1S/C9H6F3IN4O/c1-16-8(18)17(15-14-16)6-4-2-3-5(7(6)13)9(10,11)12/h2-4H,1H3. The smallest absolute Gasteiger partial charge is 0.244 e. The third-order valence-corrected chi connectivity index (χ3v) is 3.37. The second-order valence-corrected chi connectivity index (χ2v) is 4.51. The summed E-state index contributed by atoms with van der Waals surface area (Å²) in [4.78, 5) is 11.6. The van der Waals surface area contributed by atoms with E-state index in [4.69, 9.17) is 0 Å². The lowest BCUT2D eigenvalue weighted by Crippen LogP contribution is -2.23. The molecule has 1 aromatic carbocycles. The molecule has 0 saturated heterocycles. The van der Waals surface area contributed by atoms with Gasteiger partial charge in [0.25, 0.3) is 0 Å². The zero-order valence-electron chi connectivity index (χ0n) is 8.94. The number of hydrogen-bond donors (Lipinski definition) is 0. The Morgan fingerprint density at radius 1 is 1.28 bits per heavy atom. The zero-order chi connectivity index (χ0) is 13.5. The Kier molecular flexibility index (Phi) is 3.17. The minimum atomic E-state index is -4.47. The van der Waals surface area contributed by atoms with Gasteiger partial charge >= 0.3 is 11.9 Å². The predicted molar refractivity (Wildman–Crippen MR) is 64.3 cm³/mol. The molecule has 0 aliphatic carbocycles. The number of hydrogen-bond acceptors (Lipinski definition) is 3. The Morgan fingerprint density at radius 2 is 1.94 bits per heavy atom. The fourth-order valence-corrected chi connectivity index (χ4v) is 2.26. The fourth-order valence-electron chi connectivity index (χ4n) is 1.37. The largest absolute Gasteiger partial charge is 0.417 e. The summed E-state index contributed by atoms with van der Waals surface area (Å²) < 4.78 is 39.8. The quantitative estimate of drug-likeness (QED) is 0.717. The Morgan fingerprint density at radius 3 is 2.44 bits per heavy atom. The Bertz CT molecular complexity index is 646. The molecule has 0 aliphatic rings. The average molecular weight is 370 g/mol. The summed E-state index contributed by atoms with van der Waals surface area (Å²) in [5, 5.41) is 6.97. The Balaban J connectivity index is 2.68. The van der Waals surface area contributed by atoms with Crippen molar-refractivity contribution in [3.05, 3.63) is 37.8 Å². The maximum atomic E-state index is 12.7. The van der Waals surface area contributed by atoms with E-state index in [0.29, 0.717) is 0 Å². The van der Waals surface area contributed by atoms with Gasteiger partial charge in [0.15, 0.2) is 0 Å². The van der Waals surface area contributed by atoms with Gasteiger partial charge in [-0.1, -0.05) is 6.07 Å². The lowest BCUT2D eigenvalue weighted by Gasteiger charge is -2.11. The van der Waals surface area contributed by atoms with Crippen molar-refractivity contribution >= 4 is 22.6 Å². The highest BCUT2D eigenvalue weighted by Crippen LogP contribution is 2.34. The summed E-state index contributed by atoms with van der Waals surface area (Å²) in [5.74, 6) is 0. The van der Waals surface area contributed by atoms with Gasteiger partial charge in [-0.2, -0.15) is 22.5 Å². The molecule has 2 aromatic rings. The van der Waals surface area contributed by atoms with Crippen molar-refractivity contribution in [2.24, 2.45) is 7.05 Å². The van der Waals surface area contributed by atoms with Gasteiger partial charge in [-0.3, -0.25) is 0 Å². The molecule has 0 aliphatic heterocycles. The first-order valence-corrected chi connectivity index (χ1v) is 5.75. The summed E-state index contributed by atoms with van der Waals surface area (Å²) in [6.45, 7) is 0. The van der Waals surface area contributed by atoms with Gasteiger partial charge in [-0.15, -0.1) is 0 Å². The number of alkyl halides is 3. The van der Waals surface area contributed by atoms with Gasteiger partial charge in [0.05, 0.1) is 14.8 Å². The van der Waals surface area contributed by atoms with Gasteiger partial charge in [0.1, 0.15) is 0 Å². The first kappa shape index (κ1) is 13.1. The lowest BCUT2D eigenvalue weighted by atomic mass is 10.2. The van der Waals surface area contributed by atoms with E-state index in [9.17, 15) is 18.0 Å². The summed E-state index contributed by atoms with van der Waals surface area (Å²) in [6, 6.07) is 3.56. The molecule has 1 heterocycles. The minimum Gasteiger partial charge on any atom is -0.244 e. The maximum Gasteiger partial charge on any atom is 0.417 e. The van der Waals surface area contributed by atoms with Crippen molar-refractivity contribution in [2.45, 2.75) is 6.18 Å². The van der Waals surface area contributed by atoms with Gasteiger partial charge in [0, 0.05) is 7.05 Å². The second kappa shape index (κ2) is 4.37. The van der Waals surface area contributed by atoms with E-state index in [0.717, 1.165) is 15.4 Å². The topological polar surface area (TPSA) is 52.7 Å². The van der Waals surface area contributed by atoms with E-state index in [2.05, 4.69) is 10.4 Å². The van der Waals surface area contributed by atoms with Crippen LogP contribution in [-0.2, 0) is 13.2 Å². The fraction of sp³-hybridized carbons (Fsp3) is 0.222. The summed E-state index contributed by atoms with van der Waals surface area (Å²) >= 11 is 1.54. The molecule has 0 N–H and O–H groups in total. The molecule has 2 rings (SSSR count). The van der Waals surface area contributed by atoms with Gasteiger partial charge in [0.2, 0.25) is 0 Å². The lowest BCUT2D eigenvalue weighted by molar-refractivity contribution is -0.138. The third-order valence-electron chi connectivity index (χ3n) is 2.23. The number of benzene rings is 1. The molecule has 18 heavy (non-hydrogen) atoms. The van der Waals surface area contributed by atoms with E-state index in [1.54, 1.807) is 0 Å². The molecule has 0 saturated carbocycles. The normalized spacial score (nSPS) is 11.8. The third kappa shape index (κ3) is 2.13. The second-order valence-electron chi connectivity index (χ2n) is 3.43. The van der Waals surface area contributed by atoms with Crippen LogP contribution in [0.15, 0.2) is 23.0 Å². The molecular formula is C9H6F3IN4O. The van der Waals surface area contributed by atoms with Crippen LogP contribution in [0.5, 0.6) is 0 Å². The monoisotopic (exact) mass is 370 g/mol. The van der Waals surface area contributed by atoms with E-state index in [1.165, 1.54) is 41.8 Å². The van der Waals surface area contributed by atoms with Crippen molar-refractivity contribution < 1.29 is 13.2 Å². The molecule has 9 heteroatoms. The molecule has 0 bridgehead atoms. The SMILES string of the molecule is Cn1nnn(-c2cccc(C(F)(F)F)c2I)c1=O. The van der Waals surface area contributed by atoms with Crippen LogP contribution in [0.25, 0.3) is 5.69 Å². The highest BCUT2D eigenvalue weighted by molar-refractivity contribution is 14.1. The molecular weight excluding hydrogens is 364 g/mol. The Hall–Kier alpha value is -1.39. The van der Waals surface area contributed by atoms with Crippen LogP contribution >= 0.6 is 22.6 Å². The van der Waals surface area contributed by atoms with Crippen LogP contribution < -0.4 is 5.69 Å². The van der Waals surface area contributed by atoms with E-state index >= 15 is 0 Å². The van der Waals surface area contributed by atoms with Crippen LogP contribution in [0.1, 0.15) is 5.56 Å². The van der Waals surface area contributed by atoms with Crippen LogP contribution in [0.4, 0.5) is 13.2 Å². The minimum absolute atomic E-state index is 0.0588. The number of aromatic nitrogens is 4. The van der Waals surface area contributed by atoms with Crippen molar-refractivity contribution in [3.8, 4) is 5.69 Å². The van der Waals surface area contributed by atoms with Gasteiger partial charge in [-0.25, -0.2) is 4.79 Å². The van der Waals surface area contributed by atoms with Crippen molar-refractivity contribution in [3.63, 3.8) is 0 Å². The van der Waals surface area contributed by atoms with Crippen LogP contribution in [0.2, 0.25) is 0 Å². The molecule has 1 aromatic heterocycles. The average Bonchev–Trinajstić information content (AvgIpc) is 2.59. The molecule has 96 valence electrons. The van der Waals surface area contributed by atoms with Crippen LogP contribution in [0.3, 0.4) is 0 Å². The number of nitrogens with zero attached hydrogens (tertiary/aromatic N) is 4. The van der Waals surface area contributed by atoms with Crippen molar-refractivity contribution in [1.29, 1.82) is 0 Å². The van der Waals surface area contributed by atoms with Gasteiger partial charge in [-0.05, 0) is 45.2 Å². The van der Waals surface area contributed by atoms with E-state index < -0.39 is 17.4 Å². The number of aryl methyl sites for hydroxylation is 1. The predicted octanol–water partition coefficient (Wildman–Crippen LogP) is 1.59. The van der Waals surface area contributed by atoms with Gasteiger partial charge < -0.3 is 0 Å². The highest BCUT2D eigenvalue weighted by Gasteiger charge is 2.34.